The van der Waals surface area contributed by atoms with Crippen LogP contribution in [-0.4, -0.2) is 0 Å². The van der Waals surface area contributed by atoms with Gasteiger partial charge in [0.05, 0.1) is 5.41 Å². The molecule has 1 heterocycles. The summed E-state index contributed by atoms with van der Waals surface area (Å²) in [5, 5.41) is 0. The van der Waals surface area contributed by atoms with Gasteiger partial charge in [-0.2, -0.15) is 0 Å². The molecule has 1 heteroatoms. The van der Waals surface area contributed by atoms with E-state index in [1.807, 2.05) is 11.3 Å². The number of thiophene rings is 1. The highest BCUT2D eigenvalue weighted by Gasteiger charge is 2.53. The van der Waals surface area contributed by atoms with Crippen molar-refractivity contribution in [1.29, 1.82) is 0 Å². The molecule has 0 saturated carbocycles. The van der Waals surface area contributed by atoms with Crippen LogP contribution >= 0.6 is 11.3 Å². The summed E-state index contributed by atoms with van der Waals surface area (Å²) in [6.45, 7) is 4.55. The van der Waals surface area contributed by atoms with Crippen molar-refractivity contribution >= 4 is 11.3 Å². The van der Waals surface area contributed by atoms with Gasteiger partial charge in [0.15, 0.2) is 0 Å². The van der Waals surface area contributed by atoms with Crippen LogP contribution in [0.2, 0.25) is 0 Å². The maximum absolute atomic E-state index is 2.34. The fourth-order valence-electron chi connectivity index (χ4n) is 5.14. The molecule has 0 N–H and O–H groups in total. The van der Waals surface area contributed by atoms with Crippen LogP contribution in [-0.2, 0) is 5.41 Å². The third-order valence-electron chi connectivity index (χ3n) is 6.28. The number of fused-ring (bicyclic) bond motifs is 10. The van der Waals surface area contributed by atoms with E-state index in [0.717, 1.165) is 0 Å². The summed E-state index contributed by atoms with van der Waals surface area (Å²) < 4.78 is 0. The van der Waals surface area contributed by atoms with Crippen molar-refractivity contribution in [2.75, 3.05) is 0 Å². The van der Waals surface area contributed by atoms with Gasteiger partial charge in [0.2, 0.25) is 0 Å². The van der Waals surface area contributed by atoms with Gasteiger partial charge < -0.3 is 0 Å². The van der Waals surface area contributed by atoms with E-state index in [4.69, 9.17) is 0 Å². The molecule has 124 valence electrons. The van der Waals surface area contributed by atoms with Crippen LogP contribution in [0.4, 0.5) is 0 Å². The summed E-state index contributed by atoms with van der Waals surface area (Å²) in [5.74, 6) is 0. The Labute approximate surface area is 157 Å². The molecule has 3 aromatic carbocycles. The van der Waals surface area contributed by atoms with E-state index in [2.05, 4.69) is 86.6 Å². The second-order valence-corrected chi connectivity index (χ2v) is 8.60. The zero-order valence-electron chi connectivity index (χ0n) is 14.8. The molecule has 4 aromatic rings. The monoisotopic (exact) mass is 350 g/mol. The van der Waals surface area contributed by atoms with E-state index in [9.17, 15) is 0 Å². The SMILES string of the molecule is Cc1sc2c(c1C)-c1ccccc1C21c2ccccc2-c2ccccc21. The maximum atomic E-state index is 2.34. The van der Waals surface area contributed by atoms with Crippen LogP contribution in [0.5, 0.6) is 0 Å². The molecular weight excluding hydrogens is 332 g/mol. The molecule has 0 fully saturated rings. The highest BCUT2D eigenvalue weighted by Crippen LogP contribution is 2.65. The molecule has 1 aromatic heterocycles. The lowest BCUT2D eigenvalue weighted by molar-refractivity contribution is 0.811. The standard InChI is InChI=1S/C25H18S/c1-15-16(2)26-24-23(15)19-11-5-8-14-22(19)25(24)20-12-6-3-9-17(20)18-10-4-7-13-21(18)25/h3-14H,1-2H3. The number of hydrogen-bond acceptors (Lipinski definition) is 1. The van der Waals surface area contributed by atoms with Crippen molar-refractivity contribution in [2.24, 2.45) is 0 Å². The molecule has 2 aliphatic carbocycles. The third kappa shape index (κ3) is 1.44. The Balaban J connectivity index is 1.89. The predicted molar refractivity (Wildman–Crippen MR) is 110 cm³/mol. The van der Waals surface area contributed by atoms with Gasteiger partial charge in [-0.25, -0.2) is 0 Å². The van der Waals surface area contributed by atoms with Gasteiger partial charge in [-0.15, -0.1) is 11.3 Å². The summed E-state index contributed by atoms with van der Waals surface area (Å²) in [5.41, 5.74) is 11.3. The number of hydrogen-bond donors (Lipinski definition) is 0. The topological polar surface area (TPSA) is 0 Å². The van der Waals surface area contributed by atoms with E-state index >= 15 is 0 Å². The fraction of sp³-hybridized carbons (Fsp3) is 0.120. The molecule has 0 aliphatic heterocycles. The van der Waals surface area contributed by atoms with E-state index in [1.54, 1.807) is 0 Å². The number of rotatable bonds is 0. The molecule has 0 saturated heterocycles. The van der Waals surface area contributed by atoms with Gasteiger partial charge in [0.1, 0.15) is 0 Å². The summed E-state index contributed by atoms with van der Waals surface area (Å²) in [6, 6.07) is 27.0. The second kappa shape index (κ2) is 4.75. The molecule has 0 bridgehead atoms. The average molecular weight is 350 g/mol. The lowest BCUT2D eigenvalue weighted by Gasteiger charge is -2.29. The molecule has 26 heavy (non-hydrogen) atoms. The highest BCUT2D eigenvalue weighted by molar-refractivity contribution is 7.13. The summed E-state index contributed by atoms with van der Waals surface area (Å²) in [4.78, 5) is 2.94. The Morgan fingerprint density at radius 3 is 1.65 bits per heavy atom. The minimum Gasteiger partial charge on any atom is -0.143 e. The van der Waals surface area contributed by atoms with Crippen LogP contribution in [0.15, 0.2) is 72.8 Å². The Morgan fingerprint density at radius 1 is 0.615 bits per heavy atom. The molecular formula is C25H18S. The smallest absolute Gasteiger partial charge is 0.0819 e. The first kappa shape index (κ1) is 14.5. The lowest BCUT2D eigenvalue weighted by Crippen LogP contribution is -2.24. The molecule has 0 atom stereocenters. The van der Waals surface area contributed by atoms with Crippen molar-refractivity contribution in [3.8, 4) is 22.3 Å². The van der Waals surface area contributed by atoms with Crippen LogP contribution in [0.1, 0.15) is 32.0 Å². The zero-order chi connectivity index (χ0) is 17.5. The molecule has 2 aliphatic rings. The highest BCUT2D eigenvalue weighted by atomic mass is 32.1. The van der Waals surface area contributed by atoms with E-state index in [-0.39, 0.29) is 5.41 Å². The van der Waals surface area contributed by atoms with E-state index in [1.165, 1.54) is 54.3 Å². The van der Waals surface area contributed by atoms with Crippen molar-refractivity contribution in [1.82, 2.24) is 0 Å². The number of aryl methyl sites for hydroxylation is 1. The van der Waals surface area contributed by atoms with Crippen molar-refractivity contribution in [3.63, 3.8) is 0 Å². The van der Waals surface area contributed by atoms with Gasteiger partial charge in [0, 0.05) is 15.3 Å². The fourth-order valence-corrected chi connectivity index (χ4v) is 6.55. The van der Waals surface area contributed by atoms with Crippen LogP contribution in [0.3, 0.4) is 0 Å². The van der Waals surface area contributed by atoms with Crippen LogP contribution in [0, 0.1) is 13.8 Å². The first-order valence-corrected chi connectivity index (χ1v) is 9.96. The second-order valence-electron chi connectivity index (χ2n) is 7.37. The molecule has 0 radical (unpaired) electrons. The summed E-state index contributed by atoms with van der Waals surface area (Å²) in [6.07, 6.45) is 0. The van der Waals surface area contributed by atoms with Gasteiger partial charge >= 0.3 is 0 Å². The average Bonchev–Trinajstić information content (AvgIpc) is 3.26. The van der Waals surface area contributed by atoms with E-state index in [0.29, 0.717) is 0 Å². The quantitative estimate of drug-likeness (QED) is 0.286. The molecule has 0 amide bonds. The molecule has 0 unspecified atom stereocenters. The largest absolute Gasteiger partial charge is 0.143 e. The van der Waals surface area contributed by atoms with Crippen LogP contribution < -0.4 is 0 Å². The van der Waals surface area contributed by atoms with Crippen molar-refractivity contribution < 1.29 is 0 Å². The summed E-state index contributed by atoms with van der Waals surface area (Å²) >= 11 is 1.98. The Kier molecular flexibility index (Phi) is 2.65. The predicted octanol–water partition coefficient (Wildman–Crippen LogP) is 6.71. The zero-order valence-corrected chi connectivity index (χ0v) is 15.7. The summed E-state index contributed by atoms with van der Waals surface area (Å²) in [7, 11) is 0. The van der Waals surface area contributed by atoms with Gasteiger partial charge in [-0.3, -0.25) is 0 Å². The minimum absolute atomic E-state index is 0.150. The Hall–Kier alpha value is -2.64. The lowest BCUT2D eigenvalue weighted by atomic mass is 9.74. The van der Waals surface area contributed by atoms with Gasteiger partial charge in [0.25, 0.3) is 0 Å². The Morgan fingerprint density at radius 2 is 1.08 bits per heavy atom. The molecule has 0 nitrogen and oxygen atoms in total. The van der Waals surface area contributed by atoms with Crippen molar-refractivity contribution in [3.05, 3.63) is 105 Å². The normalized spacial score (nSPS) is 14.8. The van der Waals surface area contributed by atoms with E-state index < -0.39 is 0 Å². The maximum Gasteiger partial charge on any atom is 0.0819 e. The number of benzene rings is 3. The minimum atomic E-state index is -0.150. The van der Waals surface area contributed by atoms with Gasteiger partial charge in [-0.1, -0.05) is 72.8 Å². The van der Waals surface area contributed by atoms with Crippen molar-refractivity contribution in [2.45, 2.75) is 19.3 Å². The van der Waals surface area contributed by atoms with Gasteiger partial charge in [-0.05, 0) is 52.8 Å². The third-order valence-corrected chi connectivity index (χ3v) is 7.61. The molecule has 6 rings (SSSR count). The Bertz CT molecular complexity index is 1160. The van der Waals surface area contributed by atoms with Crippen LogP contribution in [0.25, 0.3) is 22.3 Å². The first-order chi connectivity index (χ1) is 12.7. The molecule has 1 spiro atoms. The first-order valence-electron chi connectivity index (χ1n) is 9.14.